The lowest BCUT2D eigenvalue weighted by Crippen LogP contribution is -2.30. The Balaban J connectivity index is 1.69. The number of pyridine rings is 1. The van der Waals surface area contributed by atoms with Crippen LogP contribution in [0.15, 0.2) is 42.7 Å². The van der Waals surface area contributed by atoms with E-state index in [2.05, 4.69) is 15.2 Å². The number of carbonyl (C=O) groups is 2. The molecule has 6 nitrogen and oxygen atoms in total. The van der Waals surface area contributed by atoms with E-state index in [1.165, 1.54) is 30.9 Å². The van der Waals surface area contributed by atoms with Crippen molar-refractivity contribution in [3.05, 3.63) is 53.9 Å². The van der Waals surface area contributed by atoms with E-state index in [0.29, 0.717) is 24.2 Å². The molecule has 0 spiro atoms. The van der Waals surface area contributed by atoms with Gasteiger partial charge in [-0.05, 0) is 57.0 Å². The minimum atomic E-state index is -0.273. The first kappa shape index (κ1) is 18.9. The van der Waals surface area contributed by atoms with Crippen LogP contribution in [0.3, 0.4) is 0 Å². The third kappa shape index (κ3) is 4.45. The lowest BCUT2D eigenvalue weighted by Gasteiger charge is -2.18. The molecule has 0 unspecified atom stereocenters. The van der Waals surface area contributed by atoms with Gasteiger partial charge in [-0.3, -0.25) is 14.6 Å². The van der Waals surface area contributed by atoms with Gasteiger partial charge in [0.2, 0.25) is 0 Å². The van der Waals surface area contributed by atoms with Gasteiger partial charge in [-0.2, -0.15) is 0 Å². The van der Waals surface area contributed by atoms with Gasteiger partial charge >= 0.3 is 0 Å². The lowest BCUT2D eigenvalue weighted by atomic mass is 10.1. The van der Waals surface area contributed by atoms with Gasteiger partial charge < -0.3 is 15.1 Å². The summed E-state index contributed by atoms with van der Waals surface area (Å²) in [6.07, 6.45) is 5.44. The average molecular weight is 366 g/mol. The number of rotatable bonds is 6. The van der Waals surface area contributed by atoms with Crippen molar-refractivity contribution in [1.29, 1.82) is 0 Å². The summed E-state index contributed by atoms with van der Waals surface area (Å²) >= 11 is 0. The highest BCUT2D eigenvalue weighted by atomic mass is 16.2. The van der Waals surface area contributed by atoms with Crippen LogP contribution in [0, 0.1) is 0 Å². The number of hydrogen-bond donors (Lipinski definition) is 1. The number of nitrogens with one attached hydrogen (secondary N) is 1. The molecule has 0 radical (unpaired) electrons. The molecule has 27 heavy (non-hydrogen) atoms. The lowest BCUT2D eigenvalue weighted by molar-refractivity contribution is 0.0772. The Morgan fingerprint density at radius 2 is 1.67 bits per heavy atom. The van der Waals surface area contributed by atoms with Crippen LogP contribution in [0.2, 0.25) is 0 Å². The molecule has 2 heterocycles. The summed E-state index contributed by atoms with van der Waals surface area (Å²) in [5, 5.41) is 2.88. The summed E-state index contributed by atoms with van der Waals surface area (Å²) < 4.78 is 0. The zero-order valence-corrected chi connectivity index (χ0v) is 15.9. The molecule has 1 aliphatic heterocycles. The van der Waals surface area contributed by atoms with Crippen LogP contribution < -0.4 is 10.2 Å². The third-order valence-corrected chi connectivity index (χ3v) is 4.89. The summed E-state index contributed by atoms with van der Waals surface area (Å²) in [7, 11) is 0. The first-order chi connectivity index (χ1) is 13.1. The largest absolute Gasteiger partial charge is 0.372 e. The molecule has 1 aromatic carbocycles. The fourth-order valence-electron chi connectivity index (χ4n) is 3.31. The Kier molecular flexibility index (Phi) is 6.06. The smallest absolute Gasteiger partial charge is 0.257 e. The van der Waals surface area contributed by atoms with Crippen molar-refractivity contribution in [2.75, 3.05) is 36.4 Å². The van der Waals surface area contributed by atoms with Crippen molar-refractivity contribution in [3.8, 4) is 0 Å². The van der Waals surface area contributed by atoms with E-state index in [4.69, 9.17) is 0 Å². The average Bonchev–Trinajstić information content (AvgIpc) is 3.24. The summed E-state index contributed by atoms with van der Waals surface area (Å²) in [5.41, 5.74) is 2.70. The number of amides is 2. The van der Waals surface area contributed by atoms with E-state index >= 15 is 0 Å². The summed E-state index contributed by atoms with van der Waals surface area (Å²) in [4.78, 5) is 33.1. The zero-order chi connectivity index (χ0) is 19.2. The van der Waals surface area contributed by atoms with Crippen LogP contribution in [0.1, 0.15) is 47.4 Å². The molecule has 1 aromatic heterocycles. The highest BCUT2D eigenvalue weighted by Gasteiger charge is 2.16. The number of nitrogens with zero attached hydrogens (tertiary/aromatic N) is 3. The zero-order valence-electron chi connectivity index (χ0n) is 15.9. The van der Waals surface area contributed by atoms with Crippen molar-refractivity contribution in [2.45, 2.75) is 26.7 Å². The second-order valence-electron chi connectivity index (χ2n) is 6.63. The maximum atomic E-state index is 12.6. The molecule has 1 saturated heterocycles. The number of anilines is 2. The van der Waals surface area contributed by atoms with Crippen molar-refractivity contribution in [1.82, 2.24) is 9.88 Å². The SMILES string of the molecule is CCN(CC)C(=O)c1cncc(C(=O)Nc2ccc(N3CCCC3)cc2)c1. The van der Waals surface area contributed by atoms with Gasteiger partial charge in [-0.25, -0.2) is 0 Å². The molecular weight excluding hydrogens is 340 g/mol. The Morgan fingerprint density at radius 3 is 2.30 bits per heavy atom. The normalized spacial score (nSPS) is 13.5. The second-order valence-corrected chi connectivity index (χ2v) is 6.63. The van der Waals surface area contributed by atoms with Crippen LogP contribution in [-0.4, -0.2) is 47.9 Å². The van der Waals surface area contributed by atoms with E-state index < -0.39 is 0 Å². The fourth-order valence-corrected chi connectivity index (χ4v) is 3.31. The quantitative estimate of drug-likeness (QED) is 0.851. The van der Waals surface area contributed by atoms with Gasteiger partial charge in [-0.1, -0.05) is 0 Å². The minimum Gasteiger partial charge on any atom is -0.372 e. The highest BCUT2D eigenvalue weighted by molar-refractivity contribution is 6.05. The number of benzene rings is 1. The Labute approximate surface area is 160 Å². The van der Waals surface area contributed by atoms with Gasteiger partial charge in [-0.15, -0.1) is 0 Å². The molecule has 1 aliphatic rings. The van der Waals surface area contributed by atoms with E-state index in [-0.39, 0.29) is 11.8 Å². The van der Waals surface area contributed by atoms with E-state index in [9.17, 15) is 9.59 Å². The molecule has 0 bridgehead atoms. The predicted molar refractivity (Wildman–Crippen MR) is 107 cm³/mol. The topological polar surface area (TPSA) is 65.5 Å². The summed E-state index contributed by atoms with van der Waals surface area (Å²) in [6, 6.07) is 9.47. The van der Waals surface area contributed by atoms with Gasteiger partial charge in [0.05, 0.1) is 11.1 Å². The van der Waals surface area contributed by atoms with Crippen molar-refractivity contribution in [2.24, 2.45) is 0 Å². The molecule has 2 amide bonds. The molecular formula is C21H26N4O2. The van der Waals surface area contributed by atoms with Crippen LogP contribution >= 0.6 is 0 Å². The molecule has 6 heteroatoms. The standard InChI is InChI=1S/C21H26N4O2/c1-3-24(4-2)21(27)17-13-16(14-22-15-17)20(26)23-18-7-9-19(10-8-18)25-11-5-6-12-25/h7-10,13-15H,3-6,11-12H2,1-2H3,(H,23,26). The van der Waals surface area contributed by atoms with Gasteiger partial charge in [0.15, 0.2) is 0 Å². The molecule has 0 saturated carbocycles. The maximum absolute atomic E-state index is 12.6. The van der Waals surface area contributed by atoms with Crippen molar-refractivity contribution < 1.29 is 9.59 Å². The molecule has 2 aromatic rings. The van der Waals surface area contributed by atoms with E-state index in [1.807, 2.05) is 38.1 Å². The van der Waals surface area contributed by atoms with Crippen LogP contribution in [0.25, 0.3) is 0 Å². The second kappa shape index (κ2) is 8.66. The summed E-state index contributed by atoms with van der Waals surface area (Å²) in [5.74, 6) is -0.386. The molecule has 0 aliphatic carbocycles. The third-order valence-electron chi connectivity index (χ3n) is 4.89. The highest BCUT2D eigenvalue weighted by Crippen LogP contribution is 2.22. The van der Waals surface area contributed by atoms with E-state index in [0.717, 1.165) is 18.8 Å². The van der Waals surface area contributed by atoms with Gasteiger partial charge in [0, 0.05) is 49.9 Å². The summed E-state index contributed by atoms with van der Waals surface area (Å²) in [6.45, 7) is 7.27. The number of carbonyl (C=O) groups excluding carboxylic acids is 2. The Morgan fingerprint density at radius 1 is 1.04 bits per heavy atom. The van der Waals surface area contributed by atoms with Gasteiger partial charge in [0.25, 0.3) is 11.8 Å². The molecule has 0 atom stereocenters. The monoisotopic (exact) mass is 366 g/mol. The molecule has 1 N–H and O–H groups in total. The number of aromatic nitrogens is 1. The Bertz CT molecular complexity index is 794. The predicted octanol–water partition coefficient (Wildman–Crippen LogP) is 3.42. The molecule has 3 rings (SSSR count). The van der Waals surface area contributed by atoms with E-state index in [1.54, 1.807) is 11.0 Å². The maximum Gasteiger partial charge on any atom is 0.257 e. The fraction of sp³-hybridized carbons (Fsp3) is 0.381. The van der Waals surface area contributed by atoms with Crippen molar-refractivity contribution in [3.63, 3.8) is 0 Å². The van der Waals surface area contributed by atoms with Crippen molar-refractivity contribution >= 4 is 23.2 Å². The first-order valence-electron chi connectivity index (χ1n) is 9.53. The molecule has 142 valence electrons. The minimum absolute atomic E-state index is 0.114. The van der Waals surface area contributed by atoms with Crippen LogP contribution in [-0.2, 0) is 0 Å². The van der Waals surface area contributed by atoms with Crippen LogP contribution in [0.4, 0.5) is 11.4 Å². The van der Waals surface area contributed by atoms with Crippen LogP contribution in [0.5, 0.6) is 0 Å². The first-order valence-corrected chi connectivity index (χ1v) is 9.53. The molecule has 1 fully saturated rings. The van der Waals surface area contributed by atoms with Gasteiger partial charge in [0.1, 0.15) is 0 Å². The Hall–Kier alpha value is -2.89. The number of hydrogen-bond acceptors (Lipinski definition) is 4.